The third kappa shape index (κ3) is 2.53. The van der Waals surface area contributed by atoms with Crippen molar-refractivity contribution in [2.75, 3.05) is 12.4 Å². The van der Waals surface area contributed by atoms with Crippen LogP contribution in [0.3, 0.4) is 0 Å². The van der Waals surface area contributed by atoms with Gasteiger partial charge in [-0.25, -0.2) is 0 Å². The number of epoxide rings is 1. The normalized spacial score (nSPS) is 22.7. The van der Waals surface area contributed by atoms with Gasteiger partial charge in [-0.2, -0.15) is 0 Å². The predicted molar refractivity (Wildman–Crippen MR) is 52.5 cm³/mol. The fourth-order valence-electron chi connectivity index (χ4n) is 1.04. The van der Waals surface area contributed by atoms with E-state index in [2.05, 4.69) is 0 Å². The van der Waals surface area contributed by atoms with Gasteiger partial charge in [-0.1, -0.05) is 17.7 Å². The predicted octanol–water partition coefficient (Wildman–Crippen LogP) is 1.85. The second-order valence-corrected chi connectivity index (χ2v) is 4.86. The number of hydrogen-bond acceptors (Lipinski definition) is 2. The van der Waals surface area contributed by atoms with Gasteiger partial charge in [0.25, 0.3) is 0 Å². The number of halogens is 1. The second-order valence-electron chi connectivity index (χ2n) is 2.92. The first kappa shape index (κ1) is 9.19. The summed E-state index contributed by atoms with van der Waals surface area (Å²) in [7, 11) is -0.971. The van der Waals surface area contributed by atoms with Crippen molar-refractivity contribution in [2.45, 2.75) is 11.0 Å². The van der Waals surface area contributed by atoms with Crippen molar-refractivity contribution in [3.8, 4) is 0 Å². The van der Waals surface area contributed by atoms with Crippen LogP contribution < -0.4 is 0 Å². The zero-order valence-electron chi connectivity index (χ0n) is 6.90. The third-order valence-corrected chi connectivity index (χ3v) is 3.49. The van der Waals surface area contributed by atoms with E-state index >= 15 is 0 Å². The molecule has 1 aromatic rings. The fraction of sp³-hybridized carbons (Fsp3) is 0.333. The maximum Gasteiger partial charge on any atom is 0.0928 e. The molecular formula is C9H9ClO2S. The van der Waals surface area contributed by atoms with Gasteiger partial charge in [0, 0.05) is 9.92 Å². The molecule has 1 fully saturated rings. The highest BCUT2D eigenvalue weighted by molar-refractivity contribution is 7.85. The van der Waals surface area contributed by atoms with E-state index in [1.807, 2.05) is 12.1 Å². The minimum absolute atomic E-state index is 0.194. The van der Waals surface area contributed by atoms with Crippen LogP contribution in [0, 0.1) is 0 Å². The van der Waals surface area contributed by atoms with Crippen LogP contribution in [-0.4, -0.2) is 22.7 Å². The van der Waals surface area contributed by atoms with Crippen LogP contribution in [0.25, 0.3) is 0 Å². The lowest BCUT2D eigenvalue weighted by atomic mass is 10.4. The largest absolute Gasteiger partial charge is 0.372 e. The molecule has 1 saturated heterocycles. The van der Waals surface area contributed by atoms with Crippen molar-refractivity contribution in [3.63, 3.8) is 0 Å². The van der Waals surface area contributed by atoms with E-state index in [0.717, 1.165) is 11.5 Å². The summed E-state index contributed by atoms with van der Waals surface area (Å²) in [5, 5.41) is 0.627. The Kier molecular flexibility index (Phi) is 2.67. The topological polar surface area (TPSA) is 29.6 Å². The Balaban J connectivity index is 2.09. The molecule has 2 unspecified atom stereocenters. The van der Waals surface area contributed by atoms with E-state index in [4.69, 9.17) is 16.3 Å². The Labute approximate surface area is 84.3 Å². The summed E-state index contributed by atoms with van der Waals surface area (Å²) in [6.45, 7) is 0.742. The van der Waals surface area contributed by atoms with Gasteiger partial charge in [-0.3, -0.25) is 4.21 Å². The molecule has 0 radical (unpaired) electrons. The van der Waals surface area contributed by atoms with Crippen LogP contribution in [0.1, 0.15) is 0 Å². The molecule has 0 spiro atoms. The van der Waals surface area contributed by atoms with Crippen molar-refractivity contribution in [1.82, 2.24) is 0 Å². The number of rotatable bonds is 3. The number of ether oxygens (including phenoxy) is 1. The van der Waals surface area contributed by atoms with Gasteiger partial charge in [0.2, 0.25) is 0 Å². The number of benzene rings is 1. The zero-order valence-corrected chi connectivity index (χ0v) is 8.48. The molecule has 1 aromatic carbocycles. The first-order valence-electron chi connectivity index (χ1n) is 4.01. The van der Waals surface area contributed by atoms with Crippen molar-refractivity contribution in [1.29, 1.82) is 0 Å². The SMILES string of the molecule is O=S(CC1CO1)c1cccc(Cl)c1. The minimum atomic E-state index is -0.971. The van der Waals surface area contributed by atoms with E-state index in [-0.39, 0.29) is 6.10 Å². The molecule has 0 N–H and O–H groups in total. The van der Waals surface area contributed by atoms with Gasteiger partial charge >= 0.3 is 0 Å². The zero-order chi connectivity index (χ0) is 9.26. The van der Waals surface area contributed by atoms with Crippen LogP contribution in [0.2, 0.25) is 5.02 Å². The molecular weight excluding hydrogens is 208 g/mol. The molecule has 1 heterocycles. The molecule has 13 heavy (non-hydrogen) atoms. The highest BCUT2D eigenvalue weighted by atomic mass is 35.5. The first-order valence-corrected chi connectivity index (χ1v) is 5.71. The summed E-state index contributed by atoms with van der Waals surface area (Å²) in [5.74, 6) is 0.584. The van der Waals surface area contributed by atoms with Gasteiger partial charge in [0.1, 0.15) is 0 Å². The molecule has 0 aromatic heterocycles. The molecule has 0 amide bonds. The van der Waals surface area contributed by atoms with Crippen molar-refractivity contribution >= 4 is 22.4 Å². The minimum Gasteiger partial charge on any atom is -0.372 e. The maximum atomic E-state index is 11.6. The Hall–Kier alpha value is -0.380. The van der Waals surface area contributed by atoms with Crippen molar-refractivity contribution in [2.24, 2.45) is 0 Å². The molecule has 2 atom stereocenters. The summed E-state index contributed by atoms with van der Waals surface area (Å²) in [4.78, 5) is 0.781. The Morgan fingerprint density at radius 1 is 1.62 bits per heavy atom. The Bertz CT molecular complexity index is 336. The second kappa shape index (κ2) is 3.78. The summed E-state index contributed by atoms with van der Waals surface area (Å²) in [6, 6.07) is 7.14. The Morgan fingerprint density at radius 3 is 3.00 bits per heavy atom. The molecule has 70 valence electrons. The summed E-state index contributed by atoms with van der Waals surface area (Å²) in [5.41, 5.74) is 0. The van der Waals surface area contributed by atoms with Gasteiger partial charge in [0.05, 0.1) is 29.3 Å². The first-order chi connectivity index (χ1) is 6.25. The Morgan fingerprint density at radius 2 is 2.38 bits per heavy atom. The van der Waals surface area contributed by atoms with Crippen LogP contribution in [0.4, 0.5) is 0 Å². The highest BCUT2D eigenvalue weighted by Gasteiger charge is 2.25. The molecule has 0 saturated carbocycles. The van der Waals surface area contributed by atoms with Gasteiger partial charge in [-0.15, -0.1) is 0 Å². The van der Waals surface area contributed by atoms with E-state index < -0.39 is 10.8 Å². The fourth-order valence-corrected chi connectivity index (χ4v) is 2.50. The quantitative estimate of drug-likeness (QED) is 0.722. The van der Waals surface area contributed by atoms with Crippen LogP contribution in [-0.2, 0) is 15.5 Å². The molecule has 2 nitrogen and oxygen atoms in total. The summed E-state index contributed by atoms with van der Waals surface area (Å²) in [6.07, 6.45) is 0.194. The summed E-state index contributed by atoms with van der Waals surface area (Å²) >= 11 is 5.78. The third-order valence-electron chi connectivity index (χ3n) is 1.80. The highest BCUT2D eigenvalue weighted by Crippen LogP contribution is 2.18. The van der Waals surface area contributed by atoms with Crippen LogP contribution in [0.15, 0.2) is 29.2 Å². The molecule has 0 aliphatic carbocycles. The number of hydrogen-bond donors (Lipinski definition) is 0. The molecule has 1 aliphatic heterocycles. The van der Waals surface area contributed by atoms with Crippen LogP contribution >= 0.6 is 11.6 Å². The molecule has 1 aliphatic rings. The smallest absolute Gasteiger partial charge is 0.0928 e. The molecule has 4 heteroatoms. The summed E-state index contributed by atoms with van der Waals surface area (Å²) < 4.78 is 16.6. The van der Waals surface area contributed by atoms with E-state index in [9.17, 15) is 4.21 Å². The van der Waals surface area contributed by atoms with Gasteiger partial charge < -0.3 is 4.74 Å². The van der Waals surface area contributed by atoms with E-state index in [1.54, 1.807) is 12.1 Å². The average Bonchev–Trinajstić information content (AvgIpc) is 2.88. The lowest BCUT2D eigenvalue weighted by Gasteiger charge is -1.99. The standard InChI is InChI=1S/C9H9ClO2S/c10-7-2-1-3-9(4-7)13(11)6-8-5-12-8/h1-4,8H,5-6H2. The average molecular weight is 217 g/mol. The van der Waals surface area contributed by atoms with Gasteiger partial charge in [0.15, 0.2) is 0 Å². The molecule has 0 bridgehead atoms. The van der Waals surface area contributed by atoms with E-state index in [1.165, 1.54) is 0 Å². The lowest BCUT2D eigenvalue weighted by Crippen LogP contribution is -2.03. The van der Waals surface area contributed by atoms with Crippen molar-refractivity contribution in [3.05, 3.63) is 29.3 Å². The lowest BCUT2D eigenvalue weighted by molar-refractivity contribution is 0.425. The van der Waals surface area contributed by atoms with E-state index in [0.29, 0.717) is 10.8 Å². The van der Waals surface area contributed by atoms with Crippen LogP contribution in [0.5, 0.6) is 0 Å². The monoisotopic (exact) mass is 216 g/mol. The van der Waals surface area contributed by atoms with Crippen molar-refractivity contribution < 1.29 is 8.95 Å². The van der Waals surface area contributed by atoms with Gasteiger partial charge in [-0.05, 0) is 18.2 Å². The molecule has 2 rings (SSSR count). The maximum absolute atomic E-state index is 11.6.